The van der Waals surface area contributed by atoms with Crippen molar-refractivity contribution >= 4 is 17.5 Å². The number of amides is 2. The Bertz CT molecular complexity index is 456. The maximum atomic E-state index is 13.0. The summed E-state index contributed by atoms with van der Waals surface area (Å²) in [5.41, 5.74) is 5.79. The molecule has 0 aliphatic carbocycles. The molecule has 1 atom stereocenters. The number of nitrogens with two attached hydrogens (primary N) is 1. The molecule has 1 heterocycles. The number of halogens is 1. The van der Waals surface area contributed by atoms with Gasteiger partial charge in [-0.05, 0) is 18.2 Å². The number of rotatable bonds is 2. The van der Waals surface area contributed by atoms with Gasteiger partial charge in [-0.25, -0.2) is 4.39 Å². The summed E-state index contributed by atoms with van der Waals surface area (Å²) >= 11 is 0. The van der Waals surface area contributed by atoms with E-state index in [0.29, 0.717) is 6.54 Å². The molecule has 0 bridgehead atoms. The van der Waals surface area contributed by atoms with Gasteiger partial charge < -0.3 is 16.4 Å². The van der Waals surface area contributed by atoms with Gasteiger partial charge in [0.25, 0.3) is 5.91 Å². The van der Waals surface area contributed by atoms with Gasteiger partial charge in [0.1, 0.15) is 5.82 Å². The van der Waals surface area contributed by atoms with Gasteiger partial charge in [-0.15, -0.1) is 0 Å². The van der Waals surface area contributed by atoms with E-state index in [0.717, 1.165) is 12.1 Å². The van der Waals surface area contributed by atoms with Crippen LogP contribution in [0.1, 0.15) is 16.8 Å². The van der Waals surface area contributed by atoms with Crippen molar-refractivity contribution in [1.82, 2.24) is 10.6 Å². The van der Waals surface area contributed by atoms with Crippen LogP contribution >= 0.6 is 0 Å². The molecule has 1 saturated heterocycles. The van der Waals surface area contributed by atoms with Crippen molar-refractivity contribution in [3.8, 4) is 0 Å². The monoisotopic (exact) mass is 237 g/mol. The van der Waals surface area contributed by atoms with E-state index in [4.69, 9.17) is 5.73 Å². The Labute approximate surface area is 97.2 Å². The molecule has 1 aliphatic heterocycles. The molecular formula is C11H12FN3O2. The minimum atomic E-state index is -0.559. The highest BCUT2D eigenvalue weighted by Crippen LogP contribution is 2.11. The Morgan fingerprint density at radius 2 is 2.24 bits per heavy atom. The molecule has 6 heteroatoms. The Hall–Kier alpha value is -2.11. The first kappa shape index (κ1) is 11.4. The molecule has 0 spiro atoms. The SMILES string of the molecule is Nc1cc(F)cc(C(=O)NC2CNC(=O)C2)c1. The van der Waals surface area contributed by atoms with Crippen LogP contribution in [-0.2, 0) is 4.79 Å². The molecule has 5 nitrogen and oxygen atoms in total. The molecule has 2 amide bonds. The largest absolute Gasteiger partial charge is 0.399 e. The van der Waals surface area contributed by atoms with Gasteiger partial charge in [-0.2, -0.15) is 0 Å². The zero-order valence-corrected chi connectivity index (χ0v) is 9.00. The van der Waals surface area contributed by atoms with Crippen LogP contribution in [0.4, 0.5) is 10.1 Å². The van der Waals surface area contributed by atoms with E-state index >= 15 is 0 Å². The predicted molar refractivity (Wildman–Crippen MR) is 59.7 cm³/mol. The predicted octanol–water partition coefficient (Wildman–Crippen LogP) is 0.0262. The van der Waals surface area contributed by atoms with Crippen molar-refractivity contribution in [3.63, 3.8) is 0 Å². The molecule has 2 rings (SSSR count). The van der Waals surface area contributed by atoms with Crippen LogP contribution in [0.5, 0.6) is 0 Å². The van der Waals surface area contributed by atoms with E-state index in [1.807, 2.05) is 0 Å². The van der Waals surface area contributed by atoms with Gasteiger partial charge >= 0.3 is 0 Å². The molecular weight excluding hydrogens is 225 g/mol. The molecule has 1 fully saturated rings. The Kier molecular flexibility index (Phi) is 2.95. The highest BCUT2D eigenvalue weighted by atomic mass is 19.1. The number of carbonyl (C=O) groups is 2. The van der Waals surface area contributed by atoms with Gasteiger partial charge in [0.2, 0.25) is 5.91 Å². The fourth-order valence-electron chi connectivity index (χ4n) is 1.72. The van der Waals surface area contributed by atoms with E-state index in [-0.39, 0.29) is 29.6 Å². The molecule has 4 N–H and O–H groups in total. The summed E-state index contributed by atoms with van der Waals surface area (Å²) in [6, 6.07) is 3.38. The number of carbonyl (C=O) groups excluding carboxylic acids is 2. The van der Waals surface area contributed by atoms with Gasteiger partial charge in [0.05, 0.1) is 6.04 Å². The topological polar surface area (TPSA) is 84.2 Å². The van der Waals surface area contributed by atoms with Gasteiger partial charge in [-0.1, -0.05) is 0 Å². The standard InChI is InChI=1S/C11H12FN3O2/c12-7-1-6(2-8(13)3-7)11(17)15-9-4-10(16)14-5-9/h1-3,9H,4-5,13H2,(H,14,16)(H,15,17). The second-order valence-corrected chi connectivity index (χ2v) is 3.95. The number of hydrogen-bond donors (Lipinski definition) is 3. The third kappa shape index (κ3) is 2.72. The van der Waals surface area contributed by atoms with E-state index in [1.54, 1.807) is 0 Å². The molecule has 1 aliphatic rings. The first-order valence-corrected chi connectivity index (χ1v) is 5.18. The van der Waals surface area contributed by atoms with Gasteiger partial charge in [-0.3, -0.25) is 9.59 Å². The van der Waals surface area contributed by atoms with E-state index in [9.17, 15) is 14.0 Å². The van der Waals surface area contributed by atoms with E-state index in [2.05, 4.69) is 10.6 Å². The number of anilines is 1. The smallest absolute Gasteiger partial charge is 0.251 e. The number of hydrogen-bond acceptors (Lipinski definition) is 3. The van der Waals surface area contributed by atoms with Crippen LogP contribution in [-0.4, -0.2) is 24.4 Å². The maximum Gasteiger partial charge on any atom is 0.251 e. The average Bonchev–Trinajstić information content (AvgIpc) is 2.62. The molecule has 90 valence electrons. The lowest BCUT2D eigenvalue weighted by atomic mass is 10.1. The molecule has 0 aromatic heterocycles. The Balaban J connectivity index is 2.06. The molecule has 1 aromatic rings. The van der Waals surface area contributed by atoms with Crippen molar-refractivity contribution in [3.05, 3.63) is 29.6 Å². The summed E-state index contributed by atoms with van der Waals surface area (Å²) in [5.74, 6) is -1.09. The third-order valence-corrected chi connectivity index (χ3v) is 2.49. The quantitative estimate of drug-likeness (QED) is 0.634. The second-order valence-electron chi connectivity index (χ2n) is 3.95. The second kappa shape index (κ2) is 4.40. The summed E-state index contributed by atoms with van der Waals surface area (Å²) in [4.78, 5) is 22.7. The third-order valence-electron chi connectivity index (χ3n) is 2.49. The lowest BCUT2D eigenvalue weighted by molar-refractivity contribution is -0.119. The van der Waals surface area contributed by atoms with E-state index < -0.39 is 11.7 Å². The van der Waals surface area contributed by atoms with Crippen molar-refractivity contribution in [2.75, 3.05) is 12.3 Å². The summed E-state index contributed by atoms with van der Waals surface area (Å²) < 4.78 is 13.0. The lowest BCUT2D eigenvalue weighted by Crippen LogP contribution is -2.36. The Morgan fingerprint density at radius 1 is 1.47 bits per heavy atom. The Morgan fingerprint density at radius 3 is 2.82 bits per heavy atom. The van der Waals surface area contributed by atoms with Crippen LogP contribution in [0.15, 0.2) is 18.2 Å². The molecule has 1 aromatic carbocycles. The highest BCUT2D eigenvalue weighted by Gasteiger charge is 2.23. The minimum absolute atomic E-state index is 0.103. The zero-order chi connectivity index (χ0) is 12.4. The summed E-state index contributed by atoms with van der Waals surface area (Å²) in [6.45, 7) is 0.398. The summed E-state index contributed by atoms with van der Waals surface area (Å²) in [7, 11) is 0. The molecule has 1 unspecified atom stereocenters. The highest BCUT2D eigenvalue weighted by molar-refractivity contribution is 5.95. The van der Waals surface area contributed by atoms with Crippen LogP contribution < -0.4 is 16.4 Å². The summed E-state index contributed by atoms with van der Waals surface area (Å²) in [6.07, 6.45) is 0.247. The number of nitrogens with one attached hydrogen (secondary N) is 2. The fourth-order valence-corrected chi connectivity index (χ4v) is 1.72. The first-order chi connectivity index (χ1) is 8.04. The van der Waals surface area contributed by atoms with Crippen molar-refractivity contribution < 1.29 is 14.0 Å². The average molecular weight is 237 g/mol. The van der Waals surface area contributed by atoms with E-state index in [1.165, 1.54) is 6.07 Å². The fraction of sp³-hybridized carbons (Fsp3) is 0.273. The van der Waals surface area contributed by atoms with Crippen LogP contribution in [0, 0.1) is 5.82 Å². The number of nitrogen functional groups attached to an aromatic ring is 1. The van der Waals surface area contributed by atoms with Crippen molar-refractivity contribution in [2.45, 2.75) is 12.5 Å². The van der Waals surface area contributed by atoms with Crippen molar-refractivity contribution in [1.29, 1.82) is 0 Å². The molecule has 0 saturated carbocycles. The summed E-state index contributed by atoms with van der Waals surface area (Å²) in [5, 5.41) is 5.23. The lowest BCUT2D eigenvalue weighted by Gasteiger charge is -2.10. The minimum Gasteiger partial charge on any atom is -0.399 e. The molecule has 0 radical (unpaired) electrons. The molecule has 17 heavy (non-hydrogen) atoms. The van der Waals surface area contributed by atoms with Gasteiger partial charge in [0.15, 0.2) is 0 Å². The maximum absolute atomic E-state index is 13.0. The van der Waals surface area contributed by atoms with Crippen LogP contribution in [0.25, 0.3) is 0 Å². The van der Waals surface area contributed by atoms with Gasteiger partial charge in [0, 0.05) is 24.2 Å². The first-order valence-electron chi connectivity index (χ1n) is 5.18. The van der Waals surface area contributed by atoms with Crippen LogP contribution in [0.2, 0.25) is 0 Å². The van der Waals surface area contributed by atoms with Crippen molar-refractivity contribution in [2.24, 2.45) is 0 Å². The van der Waals surface area contributed by atoms with Crippen LogP contribution in [0.3, 0.4) is 0 Å². The number of benzene rings is 1. The normalized spacial score (nSPS) is 18.9. The zero-order valence-electron chi connectivity index (χ0n) is 9.00.